The van der Waals surface area contributed by atoms with Gasteiger partial charge in [0.05, 0.1) is 31.1 Å². The molecule has 1 N–H and O–H groups in total. The van der Waals surface area contributed by atoms with Gasteiger partial charge in [-0.1, -0.05) is 0 Å². The normalized spacial score (nSPS) is 22.7. The van der Waals surface area contributed by atoms with E-state index in [1.165, 1.54) is 0 Å². The van der Waals surface area contributed by atoms with E-state index in [4.69, 9.17) is 19.4 Å². The van der Waals surface area contributed by atoms with Crippen LogP contribution in [0.1, 0.15) is 42.4 Å². The molecule has 0 saturated carbocycles. The zero-order valence-electron chi connectivity index (χ0n) is 20.2. The van der Waals surface area contributed by atoms with Crippen LogP contribution in [0.15, 0.2) is 6.07 Å². The minimum absolute atomic E-state index is 0.0841. The molecule has 0 aromatic carbocycles. The average molecular weight is 493 g/mol. The summed E-state index contributed by atoms with van der Waals surface area (Å²) in [4.78, 5) is 26.3. The summed E-state index contributed by atoms with van der Waals surface area (Å²) in [5.74, 6) is -2.15. The third kappa shape index (κ3) is 7.67. The first-order valence-electron chi connectivity index (χ1n) is 11.4. The number of carboxylic acids is 1. The molecule has 2 unspecified atom stereocenters. The number of likely N-dealkylation sites (N-methyl/N-ethyl adjacent to an activating group) is 1. The Labute approximate surface area is 197 Å². The highest BCUT2D eigenvalue weighted by atomic mass is 19.4. The van der Waals surface area contributed by atoms with Crippen LogP contribution in [0.2, 0.25) is 0 Å². The van der Waals surface area contributed by atoms with Gasteiger partial charge in [0.25, 0.3) is 5.91 Å². The largest absolute Gasteiger partial charge is 0.490 e. The zero-order chi connectivity index (χ0) is 25.5. The third-order valence-electron chi connectivity index (χ3n) is 6.02. The summed E-state index contributed by atoms with van der Waals surface area (Å²) < 4.78 is 45.0. The molecule has 12 heteroatoms. The third-order valence-corrected chi connectivity index (χ3v) is 6.02. The maximum atomic E-state index is 13.1. The molecule has 1 spiro atoms. The fourth-order valence-corrected chi connectivity index (χ4v) is 4.51. The highest BCUT2D eigenvalue weighted by molar-refractivity contribution is 5.92. The van der Waals surface area contributed by atoms with Crippen molar-refractivity contribution in [2.45, 2.75) is 51.4 Å². The van der Waals surface area contributed by atoms with Crippen molar-refractivity contribution in [3.05, 3.63) is 17.5 Å². The lowest BCUT2D eigenvalue weighted by atomic mass is 9.86. The van der Waals surface area contributed by atoms with Crippen molar-refractivity contribution in [2.24, 2.45) is 5.92 Å². The Morgan fingerprint density at radius 3 is 2.68 bits per heavy atom. The van der Waals surface area contributed by atoms with Crippen molar-refractivity contribution in [3.8, 4) is 0 Å². The van der Waals surface area contributed by atoms with E-state index in [9.17, 15) is 18.0 Å². The molecule has 0 bridgehead atoms. The van der Waals surface area contributed by atoms with Crippen molar-refractivity contribution in [1.82, 2.24) is 19.6 Å². The Morgan fingerprint density at radius 1 is 1.41 bits per heavy atom. The lowest BCUT2D eigenvalue weighted by Gasteiger charge is -2.39. The van der Waals surface area contributed by atoms with E-state index in [0.29, 0.717) is 24.7 Å². The van der Waals surface area contributed by atoms with Gasteiger partial charge < -0.3 is 24.4 Å². The van der Waals surface area contributed by atoms with Gasteiger partial charge in [0.1, 0.15) is 5.69 Å². The number of aliphatic carboxylic acids is 1. The predicted octanol–water partition coefficient (Wildman–Crippen LogP) is 2.43. The van der Waals surface area contributed by atoms with Gasteiger partial charge in [0, 0.05) is 33.3 Å². The lowest BCUT2D eigenvalue weighted by molar-refractivity contribution is -0.192. The molecule has 2 aliphatic rings. The summed E-state index contributed by atoms with van der Waals surface area (Å²) in [5, 5.41) is 11.6. The summed E-state index contributed by atoms with van der Waals surface area (Å²) in [6, 6.07) is 1.90. The van der Waals surface area contributed by atoms with Crippen LogP contribution in [-0.4, -0.2) is 102 Å². The SMILES string of the molecule is CCn1nc(C)cc1C(=O)N1CCCC2(CC(CN(C)CCOC)CO2)C1.O=C(O)C(F)(F)F. The summed E-state index contributed by atoms with van der Waals surface area (Å²) in [7, 11) is 3.87. The van der Waals surface area contributed by atoms with Gasteiger partial charge in [-0.25, -0.2) is 4.79 Å². The standard InChI is InChI=1S/C20H34N4O3.C2HF3O2/c1-5-24-18(11-16(2)21-24)19(25)23-8-6-7-20(15-23)12-17(14-27-20)13-22(3)9-10-26-4;3-2(4,5)1(6)7/h11,17H,5-10,12-15H2,1-4H3;(H,6,7). The van der Waals surface area contributed by atoms with E-state index in [1.807, 2.05) is 29.5 Å². The van der Waals surface area contributed by atoms with Crippen molar-refractivity contribution in [2.75, 3.05) is 53.6 Å². The van der Waals surface area contributed by atoms with Crippen LogP contribution in [0, 0.1) is 12.8 Å². The summed E-state index contributed by atoms with van der Waals surface area (Å²) >= 11 is 0. The minimum atomic E-state index is -5.08. The summed E-state index contributed by atoms with van der Waals surface area (Å²) in [5.41, 5.74) is 1.41. The molecule has 0 aliphatic carbocycles. The average Bonchev–Trinajstić information content (AvgIpc) is 3.34. The van der Waals surface area contributed by atoms with Crippen molar-refractivity contribution < 1.29 is 37.3 Å². The first-order chi connectivity index (χ1) is 15.9. The number of carboxylic acid groups (broad SMARTS) is 1. The number of likely N-dealkylation sites (tertiary alicyclic amines) is 1. The molecule has 2 fully saturated rings. The molecule has 2 aliphatic heterocycles. The monoisotopic (exact) mass is 492 g/mol. The Balaban J connectivity index is 0.000000509. The number of nitrogens with zero attached hydrogens (tertiary/aromatic N) is 4. The molecule has 0 radical (unpaired) electrons. The quantitative estimate of drug-likeness (QED) is 0.625. The van der Waals surface area contributed by atoms with Gasteiger partial charge >= 0.3 is 12.1 Å². The van der Waals surface area contributed by atoms with Crippen molar-refractivity contribution >= 4 is 11.9 Å². The molecule has 34 heavy (non-hydrogen) atoms. The second-order valence-corrected chi connectivity index (χ2v) is 8.94. The summed E-state index contributed by atoms with van der Waals surface area (Å²) in [6.07, 6.45) is -2.02. The number of rotatable bonds is 7. The molecule has 9 nitrogen and oxygen atoms in total. The summed E-state index contributed by atoms with van der Waals surface area (Å²) in [6.45, 7) is 9.64. The maximum Gasteiger partial charge on any atom is 0.490 e. The minimum Gasteiger partial charge on any atom is -0.475 e. The number of alkyl halides is 3. The molecule has 194 valence electrons. The van der Waals surface area contributed by atoms with Crippen LogP contribution in [0.3, 0.4) is 0 Å². The molecule has 1 aromatic rings. The highest BCUT2D eigenvalue weighted by Crippen LogP contribution is 2.38. The van der Waals surface area contributed by atoms with Crippen molar-refractivity contribution in [3.63, 3.8) is 0 Å². The van der Waals surface area contributed by atoms with Crippen molar-refractivity contribution in [1.29, 1.82) is 0 Å². The van der Waals surface area contributed by atoms with Crippen LogP contribution in [0.25, 0.3) is 0 Å². The zero-order valence-corrected chi connectivity index (χ0v) is 20.2. The lowest BCUT2D eigenvalue weighted by Crippen LogP contribution is -2.50. The Hall–Kier alpha value is -2.18. The van der Waals surface area contributed by atoms with Gasteiger partial charge in [0.2, 0.25) is 0 Å². The number of hydrogen-bond acceptors (Lipinski definition) is 6. The van der Waals surface area contributed by atoms with Gasteiger partial charge in [0.15, 0.2) is 0 Å². The van der Waals surface area contributed by atoms with Crippen LogP contribution < -0.4 is 0 Å². The number of ether oxygens (including phenoxy) is 2. The number of carbonyl (C=O) groups excluding carboxylic acids is 1. The Kier molecular flexibility index (Phi) is 9.89. The second kappa shape index (κ2) is 12.0. The highest BCUT2D eigenvalue weighted by Gasteiger charge is 2.45. The first kappa shape index (κ1) is 28.1. The number of halogens is 3. The fraction of sp³-hybridized carbons (Fsp3) is 0.773. The molecule has 2 saturated heterocycles. The second-order valence-electron chi connectivity index (χ2n) is 8.94. The molecule has 1 amide bonds. The van der Waals surface area contributed by atoms with E-state index in [0.717, 1.165) is 57.8 Å². The molecular formula is C22H35F3N4O5. The van der Waals surface area contributed by atoms with E-state index >= 15 is 0 Å². The van der Waals surface area contributed by atoms with E-state index in [-0.39, 0.29) is 11.5 Å². The smallest absolute Gasteiger partial charge is 0.475 e. The number of amides is 1. The van der Waals surface area contributed by atoms with Crippen LogP contribution in [0.5, 0.6) is 0 Å². The Bertz CT molecular complexity index is 832. The molecular weight excluding hydrogens is 457 g/mol. The van der Waals surface area contributed by atoms with Crippen LogP contribution in [-0.2, 0) is 20.8 Å². The predicted molar refractivity (Wildman–Crippen MR) is 118 cm³/mol. The van der Waals surface area contributed by atoms with Gasteiger partial charge in [-0.05, 0) is 52.1 Å². The number of aromatic nitrogens is 2. The van der Waals surface area contributed by atoms with Gasteiger partial charge in [-0.3, -0.25) is 9.48 Å². The number of hydrogen-bond donors (Lipinski definition) is 1. The topological polar surface area (TPSA) is 97.1 Å². The molecule has 3 rings (SSSR count). The number of methoxy groups -OCH3 is 1. The van der Waals surface area contributed by atoms with Gasteiger partial charge in [-0.15, -0.1) is 0 Å². The van der Waals surface area contributed by atoms with Gasteiger partial charge in [-0.2, -0.15) is 18.3 Å². The first-order valence-corrected chi connectivity index (χ1v) is 11.4. The number of carbonyl (C=O) groups is 2. The molecule has 3 heterocycles. The van der Waals surface area contributed by atoms with Crippen LogP contribution >= 0.6 is 0 Å². The number of aryl methyl sites for hydroxylation is 2. The fourth-order valence-electron chi connectivity index (χ4n) is 4.51. The number of piperidine rings is 1. The van der Waals surface area contributed by atoms with E-state index in [1.54, 1.807) is 7.11 Å². The molecule has 1 aromatic heterocycles. The molecule has 2 atom stereocenters. The van der Waals surface area contributed by atoms with E-state index < -0.39 is 12.1 Å². The van der Waals surface area contributed by atoms with E-state index in [2.05, 4.69) is 17.0 Å². The maximum absolute atomic E-state index is 13.1. The van der Waals surface area contributed by atoms with Crippen LogP contribution in [0.4, 0.5) is 13.2 Å². The Morgan fingerprint density at radius 2 is 2.09 bits per heavy atom.